The van der Waals surface area contributed by atoms with Gasteiger partial charge in [0.25, 0.3) is 5.91 Å². The maximum absolute atomic E-state index is 12.9. The highest BCUT2D eigenvalue weighted by molar-refractivity contribution is 7.18. The number of nitrogens with zero attached hydrogens (tertiary/aromatic N) is 1. The van der Waals surface area contributed by atoms with Crippen molar-refractivity contribution in [2.24, 2.45) is 5.92 Å². The SMILES string of the molecule is O=C(O)CC(CNC(=O)COc1ccccc1)C(=O)NC1CCN(C(=O)C=Cc2cc3ccsc3c(Cl)c2Cl)CC1. The first-order chi connectivity index (χ1) is 19.7. The van der Waals surface area contributed by atoms with E-state index in [-0.39, 0.29) is 25.1 Å². The largest absolute Gasteiger partial charge is 0.484 e. The molecule has 1 aromatic heterocycles. The summed E-state index contributed by atoms with van der Waals surface area (Å²) in [7, 11) is 0. The quantitative estimate of drug-likeness (QED) is 0.270. The highest BCUT2D eigenvalue weighted by atomic mass is 35.5. The molecule has 0 saturated carbocycles. The number of rotatable bonds is 11. The van der Waals surface area contributed by atoms with Crippen molar-refractivity contribution in [2.45, 2.75) is 25.3 Å². The van der Waals surface area contributed by atoms with Crippen molar-refractivity contribution < 1.29 is 29.0 Å². The van der Waals surface area contributed by atoms with Gasteiger partial charge in [0, 0.05) is 31.8 Å². The molecular weight excluding hydrogens is 589 g/mol. The number of likely N-dealkylation sites (tertiary alicyclic amines) is 1. The van der Waals surface area contributed by atoms with Gasteiger partial charge >= 0.3 is 5.97 Å². The lowest BCUT2D eigenvalue weighted by Gasteiger charge is -2.32. The maximum atomic E-state index is 12.9. The average molecular weight is 619 g/mol. The third-order valence-corrected chi connectivity index (χ3v) is 8.60. The van der Waals surface area contributed by atoms with Crippen molar-refractivity contribution in [3.05, 3.63) is 69.5 Å². The lowest BCUT2D eigenvalue weighted by Crippen LogP contribution is -2.49. The zero-order chi connectivity index (χ0) is 29.4. The molecule has 12 heteroatoms. The molecule has 0 bridgehead atoms. The van der Waals surface area contributed by atoms with Gasteiger partial charge in [-0.2, -0.15) is 0 Å². The fourth-order valence-electron chi connectivity index (χ4n) is 4.44. The molecule has 1 aliphatic heterocycles. The summed E-state index contributed by atoms with van der Waals surface area (Å²) in [6, 6.07) is 12.4. The molecule has 2 heterocycles. The number of piperidine rings is 1. The van der Waals surface area contributed by atoms with E-state index in [9.17, 15) is 24.3 Å². The topological polar surface area (TPSA) is 125 Å². The number of nitrogens with one attached hydrogen (secondary N) is 2. The Kier molecular flexibility index (Phi) is 10.6. The number of para-hydroxylation sites is 1. The molecule has 3 amide bonds. The second kappa shape index (κ2) is 14.3. The van der Waals surface area contributed by atoms with E-state index in [1.165, 1.54) is 17.4 Å². The Morgan fingerprint density at radius 1 is 1.10 bits per heavy atom. The monoisotopic (exact) mass is 617 g/mol. The van der Waals surface area contributed by atoms with E-state index in [2.05, 4.69) is 10.6 Å². The van der Waals surface area contributed by atoms with Crippen molar-refractivity contribution in [2.75, 3.05) is 26.2 Å². The van der Waals surface area contributed by atoms with Gasteiger partial charge < -0.3 is 25.4 Å². The summed E-state index contributed by atoms with van der Waals surface area (Å²) in [5.41, 5.74) is 0.654. The Labute approximate surface area is 251 Å². The molecule has 9 nitrogen and oxygen atoms in total. The number of fused-ring (bicyclic) bond motifs is 1. The van der Waals surface area contributed by atoms with Crippen LogP contribution in [0.15, 0.2) is 53.9 Å². The number of benzene rings is 2. The van der Waals surface area contributed by atoms with E-state index in [1.54, 1.807) is 35.2 Å². The third kappa shape index (κ3) is 8.45. The standard InChI is InChI=1S/C29H29Cl2N3O6S/c30-26-18(14-19-10-13-41-28(19)27(26)31)6-7-24(36)34-11-8-21(9-12-34)33-29(39)20(15-25(37)38)16-32-23(35)17-40-22-4-2-1-3-5-22/h1-7,10,13-14,20-21H,8-9,11-12,15-17H2,(H,32,35)(H,33,39)(H,37,38). The van der Waals surface area contributed by atoms with Crippen LogP contribution in [0.4, 0.5) is 0 Å². The van der Waals surface area contributed by atoms with E-state index in [0.717, 1.165) is 10.1 Å². The summed E-state index contributed by atoms with van der Waals surface area (Å²) in [4.78, 5) is 50.9. The van der Waals surface area contributed by atoms with Crippen molar-refractivity contribution in [3.63, 3.8) is 0 Å². The van der Waals surface area contributed by atoms with Crippen LogP contribution in [0.3, 0.4) is 0 Å². The first-order valence-electron chi connectivity index (χ1n) is 13.0. The van der Waals surface area contributed by atoms with Crippen LogP contribution in [0, 0.1) is 5.92 Å². The summed E-state index contributed by atoms with van der Waals surface area (Å²) in [6.45, 7) is 0.446. The van der Waals surface area contributed by atoms with Crippen LogP contribution in [0.2, 0.25) is 10.0 Å². The first-order valence-corrected chi connectivity index (χ1v) is 14.6. The van der Waals surface area contributed by atoms with Crippen LogP contribution in [0.25, 0.3) is 16.2 Å². The van der Waals surface area contributed by atoms with Gasteiger partial charge in [-0.15, -0.1) is 11.3 Å². The average Bonchev–Trinajstić information content (AvgIpc) is 3.44. The van der Waals surface area contributed by atoms with Gasteiger partial charge in [0.1, 0.15) is 5.75 Å². The zero-order valence-electron chi connectivity index (χ0n) is 22.0. The molecule has 0 aliphatic carbocycles. The highest BCUT2D eigenvalue weighted by Crippen LogP contribution is 2.37. The van der Waals surface area contributed by atoms with Crippen molar-refractivity contribution in [1.82, 2.24) is 15.5 Å². The molecule has 3 N–H and O–H groups in total. The normalized spacial score (nSPS) is 14.6. The minimum Gasteiger partial charge on any atom is -0.484 e. The van der Waals surface area contributed by atoms with Crippen molar-refractivity contribution >= 4 is 74.4 Å². The number of hydrogen-bond acceptors (Lipinski definition) is 6. The van der Waals surface area contributed by atoms with Gasteiger partial charge in [0.2, 0.25) is 11.8 Å². The van der Waals surface area contributed by atoms with Gasteiger partial charge in [-0.1, -0.05) is 41.4 Å². The molecule has 0 spiro atoms. The van der Waals surface area contributed by atoms with E-state index >= 15 is 0 Å². The second-order valence-electron chi connectivity index (χ2n) is 9.57. The van der Waals surface area contributed by atoms with E-state index in [0.29, 0.717) is 47.3 Å². The van der Waals surface area contributed by atoms with Crippen LogP contribution in [0.1, 0.15) is 24.8 Å². The van der Waals surface area contributed by atoms with Crippen molar-refractivity contribution in [3.8, 4) is 5.75 Å². The molecule has 2 aromatic carbocycles. The molecule has 1 fully saturated rings. The van der Waals surface area contributed by atoms with Crippen molar-refractivity contribution in [1.29, 1.82) is 0 Å². The number of hydrogen-bond donors (Lipinski definition) is 3. The highest BCUT2D eigenvalue weighted by Gasteiger charge is 2.28. The lowest BCUT2D eigenvalue weighted by atomic mass is 10.0. The van der Waals surface area contributed by atoms with E-state index < -0.39 is 30.1 Å². The minimum absolute atomic E-state index is 0.138. The number of aliphatic carboxylic acids is 1. The third-order valence-electron chi connectivity index (χ3n) is 6.66. The number of halogens is 2. The maximum Gasteiger partial charge on any atom is 0.304 e. The molecule has 1 saturated heterocycles. The number of carboxylic acid groups (broad SMARTS) is 1. The zero-order valence-corrected chi connectivity index (χ0v) is 24.3. The van der Waals surface area contributed by atoms with E-state index in [1.807, 2.05) is 23.6 Å². The number of carbonyl (C=O) groups excluding carboxylic acids is 3. The van der Waals surface area contributed by atoms with Gasteiger partial charge in [-0.25, -0.2) is 0 Å². The summed E-state index contributed by atoms with van der Waals surface area (Å²) in [5, 5.41) is 18.5. The van der Waals surface area contributed by atoms with Crippen LogP contribution < -0.4 is 15.4 Å². The minimum atomic E-state index is -1.15. The molecule has 3 aromatic rings. The molecule has 1 atom stereocenters. The Morgan fingerprint density at radius 2 is 1.83 bits per heavy atom. The molecule has 0 radical (unpaired) electrons. The Bertz CT molecular complexity index is 1440. The summed E-state index contributed by atoms with van der Waals surface area (Å²) < 4.78 is 6.28. The number of ether oxygens (including phenoxy) is 1. The fraction of sp³-hybridized carbons (Fsp3) is 0.310. The smallest absolute Gasteiger partial charge is 0.304 e. The van der Waals surface area contributed by atoms with Crippen LogP contribution >= 0.6 is 34.5 Å². The predicted octanol–water partition coefficient (Wildman–Crippen LogP) is 4.61. The van der Waals surface area contributed by atoms with Crippen LogP contribution in [-0.2, 0) is 19.2 Å². The number of thiophene rings is 1. The first kappa shape index (κ1) is 30.4. The van der Waals surface area contributed by atoms with Gasteiger partial charge in [0.05, 0.1) is 27.1 Å². The summed E-state index contributed by atoms with van der Waals surface area (Å²) in [5.74, 6) is -2.68. The molecule has 216 valence electrons. The van der Waals surface area contributed by atoms with Gasteiger partial charge in [-0.05, 0) is 59.5 Å². The number of carbonyl (C=O) groups is 4. The summed E-state index contributed by atoms with van der Waals surface area (Å²) >= 11 is 14.3. The van der Waals surface area contributed by atoms with E-state index in [4.69, 9.17) is 27.9 Å². The molecule has 1 aliphatic rings. The fourth-order valence-corrected chi connectivity index (χ4v) is 5.88. The Balaban J connectivity index is 1.24. The van der Waals surface area contributed by atoms with Crippen LogP contribution in [0.5, 0.6) is 5.75 Å². The van der Waals surface area contributed by atoms with Gasteiger partial charge in [-0.3, -0.25) is 19.2 Å². The van der Waals surface area contributed by atoms with Crippen LogP contribution in [-0.4, -0.2) is 66.0 Å². The predicted molar refractivity (Wildman–Crippen MR) is 159 cm³/mol. The molecular formula is C29H29Cl2N3O6S. The Morgan fingerprint density at radius 3 is 2.54 bits per heavy atom. The Hall–Kier alpha value is -3.60. The second-order valence-corrected chi connectivity index (χ2v) is 11.2. The molecule has 4 rings (SSSR count). The summed E-state index contributed by atoms with van der Waals surface area (Å²) in [6.07, 6.45) is 3.70. The number of amides is 3. The lowest BCUT2D eigenvalue weighted by molar-refractivity contribution is -0.141. The van der Waals surface area contributed by atoms with Gasteiger partial charge in [0.15, 0.2) is 6.61 Å². The number of carboxylic acids is 1. The molecule has 1 unspecified atom stereocenters. The molecule has 41 heavy (non-hydrogen) atoms.